The number of methoxy groups -OCH3 is 1. The first-order chi connectivity index (χ1) is 8.58. The molecule has 1 fully saturated rings. The third-order valence-electron chi connectivity index (χ3n) is 3.37. The molecule has 0 saturated heterocycles. The Morgan fingerprint density at radius 1 is 1.39 bits per heavy atom. The zero-order valence-electron chi connectivity index (χ0n) is 10.8. The van der Waals surface area contributed by atoms with Crippen molar-refractivity contribution in [3.63, 3.8) is 0 Å². The van der Waals surface area contributed by atoms with E-state index >= 15 is 0 Å². The summed E-state index contributed by atoms with van der Waals surface area (Å²) in [7, 11) is 1.61. The zero-order valence-corrected chi connectivity index (χ0v) is 10.8. The second-order valence-electron chi connectivity index (χ2n) is 4.87. The van der Waals surface area contributed by atoms with Gasteiger partial charge < -0.3 is 20.5 Å². The lowest BCUT2D eigenvalue weighted by atomic mass is 9.66. The van der Waals surface area contributed by atoms with Crippen LogP contribution in [-0.4, -0.2) is 50.3 Å². The third kappa shape index (κ3) is 5.01. The van der Waals surface area contributed by atoms with Crippen LogP contribution in [0.15, 0.2) is 0 Å². The third-order valence-corrected chi connectivity index (χ3v) is 3.37. The molecule has 1 aliphatic carbocycles. The first kappa shape index (κ1) is 14.9. The lowest BCUT2D eigenvalue weighted by Gasteiger charge is -2.40. The number of carbonyl (C=O) groups excluding carboxylic acids is 1. The van der Waals surface area contributed by atoms with Crippen LogP contribution in [0.4, 0.5) is 0 Å². The average Bonchev–Trinajstić information content (AvgIpc) is 2.27. The molecule has 0 aromatic carbocycles. The highest BCUT2D eigenvalue weighted by atomic mass is 16.5. The maximum atomic E-state index is 11.5. The molecule has 0 aliphatic heterocycles. The molecule has 6 heteroatoms. The minimum atomic E-state index is -0.790. The van der Waals surface area contributed by atoms with Gasteiger partial charge in [0.2, 0.25) is 5.91 Å². The number of hydrogen-bond acceptors (Lipinski definition) is 4. The number of carboxylic acids is 1. The summed E-state index contributed by atoms with van der Waals surface area (Å²) in [5.41, 5.74) is -0.214. The molecule has 0 bridgehead atoms. The maximum Gasteiger partial charge on any atom is 0.303 e. The van der Waals surface area contributed by atoms with Crippen molar-refractivity contribution in [2.75, 3.05) is 33.4 Å². The summed E-state index contributed by atoms with van der Waals surface area (Å²) in [6.45, 7) is 1.90. The van der Waals surface area contributed by atoms with E-state index in [9.17, 15) is 9.59 Å². The van der Waals surface area contributed by atoms with E-state index in [1.54, 1.807) is 7.11 Å². The molecule has 0 radical (unpaired) electrons. The molecule has 1 saturated carbocycles. The fraction of sp³-hybridized carbons (Fsp3) is 0.833. The summed E-state index contributed by atoms with van der Waals surface area (Å²) < 4.78 is 4.85. The van der Waals surface area contributed by atoms with Crippen LogP contribution in [0.3, 0.4) is 0 Å². The van der Waals surface area contributed by atoms with Crippen LogP contribution < -0.4 is 10.6 Å². The maximum absolute atomic E-state index is 11.5. The van der Waals surface area contributed by atoms with Gasteiger partial charge in [-0.2, -0.15) is 0 Å². The van der Waals surface area contributed by atoms with E-state index in [-0.39, 0.29) is 24.3 Å². The topological polar surface area (TPSA) is 87.7 Å². The van der Waals surface area contributed by atoms with Gasteiger partial charge in [0.25, 0.3) is 0 Å². The Labute approximate surface area is 107 Å². The highest BCUT2D eigenvalue weighted by Gasteiger charge is 2.39. The largest absolute Gasteiger partial charge is 0.481 e. The fourth-order valence-corrected chi connectivity index (χ4v) is 2.14. The second-order valence-corrected chi connectivity index (χ2v) is 4.87. The molecule has 1 rings (SSSR count). The number of hydrogen-bond donors (Lipinski definition) is 3. The molecule has 0 atom stereocenters. The highest BCUT2D eigenvalue weighted by molar-refractivity contribution is 5.78. The number of amides is 1. The van der Waals surface area contributed by atoms with Crippen molar-refractivity contribution in [3.05, 3.63) is 0 Å². The van der Waals surface area contributed by atoms with Crippen molar-refractivity contribution >= 4 is 11.9 Å². The smallest absolute Gasteiger partial charge is 0.303 e. The van der Waals surface area contributed by atoms with Crippen LogP contribution in [0.1, 0.15) is 25.7 Å². The van der Waals surface area contributed by atoms with Gasteiger partial charge in [-0.25, -0.2) is 0 Å². The lowest BCUT2D eigenvalue weighted by molar-refractivity contribution is -0.141. The predicted molar refractivity (Wildman–Crippen MR) is 66.3 cm³/mol. The standard InChI is InChI=1S/C12H22N2O4/c1-18-6-5-13-8-10(15)14-9-12(3-2-4-12)7-11(16)17/h13H,2-9H2,1H3,(H,14,15)(H,16,17). The van der Waals surface area contributed by atoms with Crippen LogP contribution in [-0.2, 0) is 14.3 Å². The van der Waals surface area contributed by atoms with E-state index in [1.807, 2.05) is 0 Å². The van der Waals surface area contributed by atoms with Gasteiger partial charge in [-0.1, -0.05) is 6.42 Å². The lowest BCUT2D eigenvalue weighted by Crippen LogP contribution is -2.45. The van der Waals surface area contributed by atoms with Gasteiger partial charge in [0.15, 0.2) is 0 Å². The minimum absolute atomic E-state index is 0.0947. The molecule has 104 valence electrons. The summed E-state index contributed by atoms with van der Waals surface area (Å²) in [4.78, 5) is 22.3. The Balaban J connectivity index is 2.18. The molecular weight excluding hydrogens is 236 g/mol. The quantitative estimate of drug-likeness (QED) is 0.506. The molecule has 0 spiro atoms. The van der Waals surface area contributed by atoms with Gasteiger partial charge in [-0.05, 0) is 18.3 Å². The van der Waals surface area contributed by atoms with Crippen molar-refractivity contribution in [2.24, 2.45) is 5.41 Å². The van der Waals surface area contributed by atoms with Crippen LogP contribution in [0.25, 0.3) is 0 Å². The van der Waals surface area contributed by atoms with Gasteiger partial charge in [0, 0.05) is 20.2 Å². The molecule has 6 nitrogen and oxygen atoms in total. The number of aliphatic carboxylic acids is 1. The molecule has 0 aromatic heterocycles. The Morgan fingerprint density at radius 2 is 2.11 bits per heavy atom. The van der Waals surface area contributed by atoms with E-state index < -0.39 is 5.97 Å². The number of rotatable bonds is 9. The van der Waals surface area contributed by atoms with Crippen molar-refractivity contribution in [1.82, 2.24) is 10.6 Å². The van der Waals surface area contributed by atoms with Gasteiger partial charge in [-0.3, -0.25) is 9.59 Å². The molecule has 0 aromatic rings. The SMILES string of the molecule is COCCNCC(=O)NCC1(CC(=O)O)CCC1. The average molecular weight is 258 g/mol. The summed E-state index contributed by atoms with van der Waals surface area (Å²) in [5, 5.41) is 14.6. The van der Waals surface area contributed by atoms with Crippen molar-refractivity contribution in [2.45, 2.75) is 25.7 Å². The Kier molecular flexibility index (Phi) is 6.07. The summed E-state index contributed by atoms with van der Waals surface area (Å²) in [6.07, 6.45) is 2.97. The summed E-state index contributed by atoms with van der Waals surface area (Å²) in [6, 6.07) is 0. The Bertz CT molecular complexity index is 290. The molecule has 0 heterocycles. The first-order valence-electron chi connectivity index (χ1n) is 6.26. The first-order valence-corrected chi connectivity index (χ1v) is 6.26. The Hall–Kier alpha value is -1.14. The predicted octanol–water partition coefficient (Wildman–Crippen LogP) is -0.0164. The molecule has 18 heavy (non-hydrogen) atoms. The molecule has 1 amide bonds. The minimum Gasteiger partial charge on any atom is -0.481 e. The number of carbonyl (C=O) groups is 2. The normalized spacial score (nSPS) is 16.9. The van der Waals surface area contributed by atoms with Crippen molar-refractivity contribution < 1.29 is 19.4 Å². The van der Waals surface area contributed by atoms with Crippen molar-refractivity contribution in [1.29, 1.82) is 0 Å². The van der Waals surface area contributed by atoms with E-state index in [2.05, 4.69) is 10.6 Å². The molecular formula is C12H22N2O4. The van der Waals surface area contributed by atoms with Crippen LogP contribution in [0.5, 0.6) is 0 Å². The molecule has 1 aliphatic rings. The number of carboxylic acid groups (broad SMARTS) is 1. The number of ether oxygens (including phenoxy) is 1. The van der Waals surface area contributed by atoms with Crippen LogP contribution in [0, 0.1) is 5.41 Å². The van der Waals surface area contributed by atoms with E-state index in [0.29, 0.717) is 19.7 Å². The second kappa shape index (κ2) is 7.33. The van der Waals surface area contributed by atoms with Crippen LogP contribution in [0.2, 0.25) is 0 Å². The van der Waals surface area contributed by atoms with Gasteiger partial charge >= 0.3 is 5.97 Å². The summed E-state index contributed by atoms with van der Waals surface area (Å²) >= 11 is 0. The van der Waals surface area contributed by atoms with Gasteiger partial charge in [0.05, 0.1) is 19.6 Å². The van der Waals surface area contributed by atoms with E-state index in [4.69, 9.17) is 9.84 Å². The molecule has 0 unspecified atom stereocenters. The highest BCUT2D eigenvalue weighted by Crippen LogP contribution is 2.43. The van der Waals surface area contributed by atoms with Gasteiger partial charge in [0.1, 0.15) is 0 Å². The van der Waals surface area contributed by atoms with E-state index in [0.717, 1.165) is 19.3 Å². The number of nitrogens with one attached hydrogen (secondary N) is 2. The zero-order chi connectivity index (χ0) is 13.4. The van der Waals surface area contributed by atoms with Gasteiger partial charge in [-0.15, -0.1) is 0 Å². The van der Waals surface area contributed by atoms with Crippen molar-refractivity contribution in [3.8, 4) is 0 Å². The molecule has 3 N–H and O–H groups in total. The van der Waals surface area contributed by atoms with Crippen LogP contribution >= 0.6 is 0 Å². The summed E-state index contributed by atoms with van der Waals surface area (Å²) in [5.74, 6) is -0.884. The fourth-order valence-electron chi connectivity index (χ4n) is 2.14. The Morgan fingerprint density at radius 3 is 2.61 bits per heavy atom. The monoisotopic (exact) mass is 258 g/mol. The van der Waals surface area contributed by atoms with E-state index in [1.165, 1.54) is 0 Å².